The number of para-hydroxylation sites is 2. The molecule has 3 rings (SSSR count). The molecular formula is C21H25N3O2. The Bertz CT molecular complexity index is 908. The Balaban J connectivity index is 1.86. The van der Waals surface area contributed by atoms with Crippen molar-refractivity contribution in [2.24, 2.45) is 0 Å². The highest BCUT2D eigenvalue weighted by molar-refractivity contribution is 5.81. The number of nitrogens with zero attached hydrogens (tertiary/aromatic N) is 2. The number of amides is 1. The van der Waals surface area contributed by atoms with Gasteiger partial charge in [0.05, 0.1) is 11.0 Å². The number of benzene rings is 2. The van der Waals surface area contributed by atoms with Gasteiger partial charge in [-0.3, -0.25) is 4.57 Å². The summed E-state index contributed by atoms with van der Waals surface area (Å²) in [7, 11) is 0. The Labute approximate surface area is 154 Å². The lowest BCUT2D eigenvalue weighted by Gasteiger charge is -2.19. The Morgan fingerprint density at radius 2 is 1.85 bits per heavy atom. The van der Waals surface area contributed by atoms with E-state index in [1.165, 1.54) is 0 Å². The highest BCUT2D eigenvalue weighted by Crippen LogP contribution is 2.24. The number of hydrogen-bond donors (Lipinski definition) is 1. The summed E-state index contributed by atoms with van der Waals surface area (Å²) in [6.45, 7) is 8.08. The lowest BCUT2D eigenvalue weighted by Crippen LogP contribution is -2.33. The standard InChI is InChI=1S/C21H25N3O2/c1-15-9-8-12-17-19(15)23-18(24(17)16-10-6-5-7-11-16)13-14-22-20(25)26-21(2,3)4/h5-12H,13-14H2,1-4H3,(H,22,25). The van der Waals surface area contributed by atoms with Crippen molar-refractivity contribution < 1.29 is 9.53 Å². The number of fused-ring (bicyclic) bond motifs is 1. The second kappa shape index (κ2) is 7.20. The summed E-state index contributed by atoms with van der Waals surface area (Å²) < 4.78 is 7.44. The van der Waals surface area contributed by atoms with E-state index in [4.69, 9.17) is 9.72 Å². The van der Waals surface area contributed by atoms with Crippen LogP contribution in [0.4, 0.5) is 4.79 Å². The van der Waals surface area contributed by atoms with Gasteiger partial charge in [0, 0.05) is 18.7 Å². The van der Waals surface area contributed by atoms with Gasteiger partial charge in [-0.25, -0.2) is 9.78 Å². The maximum absolute atomic E-state index is 11.9. The number of aromatic nitrogens is 2. The number of aryl methyl sites for hydroxylation is 1. The van der Waals surface area contributed by atoms with E-state index in [-0.39, 0.29) is 0 Å². The highest BCUT2D eigenvalue weighted by atomic mass is 16.6. The van der Waals surface area contributed by atoms with E-state index in [0.29, 0.717) is 13.0 Å². The highest BCUT2D eigenvalue weighted by Gasteiger charge is 2.17. The van der Waals surface area contributed by atoms with Crippen molar-refractivity contribution in [2.75, 3.05) is 6.54 Å². The molecular weight excluding hydrogens is 326 g/mol. The number of nitrogens with one attached hydrogen (secondary N) is 1. The molecule has 0 aliphatic rings. The molecule has 0 aliphatic heterocycles. The molecule has 5 nitrogen and oxygen atoms in total. The van der Waals surface area contributed by atoms with Gasteiger partial charge in [0.1, 0.15) is 11.4 Å². The largest absolute Gasteiger partial charge is 0.444 e. The van der Waals surface area contributed by atoms with E-state index >= 15 is 0 Å². The first-order chi connectivity index (χ1) is 12.3. The fourth-order valence-corrected chi connectivity index (χ4v) is 2.91. The normalized spacial score (nSPS) is 11.5. The van der Waals surface area contributed by atoms with Crippen LogP contribution in [0.5, 0.6) is 0 Å². The Hall–Kier alpha value is -2.82. The average molecular weight is 351 g/mol. The van der Waals surface area contributed by atoms with E-state index in [1.807, 2.05) is 45.0 Å². The number of imidazole rings is 1. The van der Waals surface area contributed by atoms with Gasteiger partial charge in [-0.2, -0.15) is 0 Å². The first-order valence-corrected chi connectivity index (χ1v) is 8.84. The van der Waals surface area contributed by atoms with Crippen molar-refractivity contribution in [3.05, 3.63) is 59.9 Å². The topological polar surface area (TPSA) is 56.1 Å². The quantitative estimate of drug-likeness (QED) is 0.758. The predicted octanol–water partition coefficient (Wildman–Crippen LogP) is 4.40. The summed E-state index contributed by atoms with van der Waals surface area (Å²) in [6, 6.07) is 16.3. The Morgan fingerprint density at radius 3 is 2.54 bits per heavy atom. The minimum absolute atomic E-state index is 0.406. The van der Waals surface area contributed by atoms with Crippen LogP contribution < -0.4 is 5.32 Å². The fourth-order valence-electron chi connectivity index (χ4n) is 2.91. The molecule has 0 unspecified atom stereocenters. The van der Waals surface area contributed by atoms with Crippen molar-refractivity contribution in [1.82, 2.24) is 14.9 Å². The molecule has 26 heavy (non-hydrogen) atoms. The molecule has 1 heterocycles. The van der Waals surface area contributed by atoms with Gasteiger partial charge in [-0.1, -0.05) is 30.3 Å². The van der Waals surface area contributed by atoms with Gasteiger partial charge in [-0.15, -0.1) is 0 Å². The average Bonchev–Trinajstić information content (AvgIpc) is 2.94. The molecule has 5 heteroatoms. The Kier molecular flexibility index (Phi) is 4.98. The first kappa shape index (κ1) is 18.0. The second-order valence-electron chi connectivity index (χ2n) is 7.32. The third kappa shape index (κ3) is 4.04. The SMILES string of the molecule is Cc1cccc2c1nc(CCNC(=O)OC(C)(C)C)n2-c1ccccc1. The van der Waals surface area contributed by atoms with E-state index in [2.05, 4.69) is 41.1 Å². The minimum Gasteiger partial charge on any atom is -0.444 e. The van der Waals surface area contributed by atoms with Crippen LogP contribution in [0.2, 0.25) is 0 Å². The second-order valence-corrected chi connectivity index (χ2v) is 7.32. The summed E-state index contributed by atoms with van der Waals surface area (Å²) in [5.74, 6) is 0.913. The molecule has 2 aromatic carbocycles. The molecule has 0 saturated heterocycles. The lowest BCUT2D eigenvalue weighted by atomic mass is 10.2. The van der Waals surface area contributed by atoms with Crippen molar-refractivity contribution >= 4 is 17.1 Å². The molecule has 0 aliphatic carbocycles. The maximum atomic E-state index is 11.9. The zero-order chi connectivity index (χ0) is 18.7. The van der Waals surface area contributed by atoms with E-state index in [9.17, 15) is 4.79 Å². The number of alkyl carbamates (subject to hydrolysis) is 1. The summed E-state index contributed by atoms with van der Waals surface area (Å²) >= 11 is 0. The number of hydrogen-bond acceptors (Lipinski definition) is 3. The van der Waals surface area contributed by atoms with Crippen molar-refractivity contribution in [3.63, 3.8) is 0 Å². The van der Waals surface area contributed by atoms with Crippen molar-refractivity contribution in [1.29, 1.82) is 0 Å². The fraction of sp³-hybridized carbons (Fsp3) is 0.333. The predicted molar refractivity (Wildman–Crippen MR) is 104 cm³/mol. The molecule has 0 bridgehead atoms. The molecule has 0 fully saturated rings. The Morgan fingerprint density at radius 1 is 1.12 bits per heavy atom. The van der Waals surface area contributed by atoms with Crippen molar-refractivity contribution in [3.8, 4) is 5.69 Å². The summed E-state index contributed by atoms with van der Waals surface area (Å²) in [5, 5.41) is 2.81. The first-order valence-electron chi connectivity index (χ1n) is 8.84. The maximum Gasteiger partial charge on any atom is 0.407 e. The van der Waals surface area contributed by atoms with Gasteiger partial charge in [-0.05, 0) is 51.5 Å². The molecule has 136 valence electrons. The molecule has 0 spiro atoms. The third-order valence-corrected chi connectivity index (χ3v) is 3.99. The van der Waals surface area contributed by atoms with Gasteiger partial charge < -0.3 is 10.1 Å². The van der Waals surface area contributed by atoms with Gasteiger partial charge in [0.25, 0.3) is 0 Å². The van der Waals surface area contributed by atoms with Crippen LogP contribution in [0, 0.1) is 6.92 Å². The van der Waals surface area contributed by atoms with E-state index < -0.39 is 11.7 Å². The molecule has 0 atom stereocenters. The van der Waals surface area contributed by atoms with Crippen LogP contribution in [-0.4, -0.2) is 27.8 Å². The molecule has 3 aromatic rings. The number of carbonyl (C=O) groups excluding carboxylic acids is 1. The van der Waals surface area contributed by atoms with Crippen LogP contribution in [0.1, 0.15) is 32.2 Å². The lowest BCUT2D eigenvalue weighted by molar-refractivity contribution is 0.0528. The molecule has 1 aromatic heterocycles. The van der Waals surface area contributed by atoms with Crippen LogP contribution in [0.15, 0.2) is 48.5 Å². The zero-order valence-electron chi connectivity index (χ0n) is 15.7. The number of rotatable bonds is 4. The van der Waals surface area contributed by atoms with E-state index in [0.717, 1.165) is 28.1 Å². The van der Waals surface area contributed by atoms with Crippen LogP contribution in [0.25, 0.3) is 16.7 Å². The van der Waals surface area contributed by atoms with Crippen LogP contribution in [-0.2, 0) is 11.2 Å². The zero-order valence-corrected chi connectivity index (χ0v) is 15.7. The number of ether oxygens (including phenoxy) is 1. The van der Waals surface area contributed by atoms with E-state index in [1.54, 1.807) is 0 Å². The van der Waals surface area contributed by atoms with Crippen molar-refractivity contribution in [2.45, 2.75) is 39.7 Å². The molecule has 0 saturated carbocycles. The third-order valence-electron chi connectivity index (χ3n) is 3.99. The van der Waals surface area contributed by atoms with Gasteiger partial charge in [0.2, 0.25) is 0 Å². The van der Waals surface area contributed by atoms with Crippen LogP contribution >= 0.6 is 0 Å². The minimum atomic E-state index is -0.502. The molecule has 1 N–H and O–H groups in total. The monoisotopic (exact) mass is 351 g/mol. The summed E-state index contributed by atoms with van der Waals surface area (Å²) in [6.07, 6.45) is 0.207. The van der Waals surface area contributed by atoms with Gasteiger partial charge in [0.15, 0.2) is 0 Å². The smallest absolute Gasteiger partial charge is 0.407 e. The number of carbonyl (C=O) groups is 1. The summed E-state index contributed by atoms with van der Waals surface area (Å²) in [5.41, 5.74) is 3.76. The summed E-state index contributed by atoms with van der Waals surface area (Å²) in [4.78, 5) is 16.7. The van der Waals surface area contributed by atoms with Crippen LogP contribution in [0.3, 0.4) is 0 Å². The molecule has 0 radical (unpaired) electrons. The molecule has 1 amide bonds. The van der Waals surface area contributed by atoms with Gasteiger partial charge >= 0.3 is 6.09 Å².